The summed E-state index contributed by atoms with van der Waals surface area (Å²) in [6.45, 7) is 2.23. The van der Waals surface area contributed by atoms with Crippen LogP contribution in [0.4, 0.5) is 4.39 Å². The molecule has 0 saturated heterocycles. The van der Waals surface area contributed by atoms with Crippen LogP contribution in [0.1, 0.15) is 57.4 Å². The molecule has 0 amide bonds. The minimum atomic E-state index is -0.443. The summed E-state index contributed by atoms with van der Waals surface area (Å²) in [6.07, 6.45) is 18.5. The second-order valence-electron chi connectivity index (χ2n) is 7.58. The summed E-state index contributed by atoms with van der Waals surface area (Å²) in [7, 11) is 0. The number of unbranched alkanes of at least 4 members (excludes halogenated alkanes) is 1. The molecule has 1 saturated carbocycles. The molecular formula is C23H28ClFN2. The molecule has 1 aromatic carbocycles. The zero-order chi connectivity index (χ0) is 19.1. The van der Waals surface area contributed by atoms with E-state index in [0.717, 1.165) is 23.8 Å². The van der Waals surface area contributed by atoms with Crippen molar-refractivity contribution < 1.29 is 4.39 Å². The molecule has 0 spiro atoms. The van der Waals surface area contributed by atoms with Gasteiger partial charge in [0.2, 0.25) is 0 Å². The molecule has 1 fully saturated rings. The van der Waals surface area contributed by atoms with E-state index in [-0.39, 0.29) is 5.02 Å². The topological polar surface area (TPSA) is 25.8 Å². The summed E-state index contributed by atoms with van der Waals surface area (Å²) in [5.74, 6) is 1.69. The van der Waals surface area contributed by atoms with Crippen LogP contribution in [0.3, 0.4) is 0 Å². The van der Waals surface area contributed by atoms with Crippen molar-refractivity contribution in [2.45, 2.75) is 58.3 Å². The van der Waals surface area contributed by atoms with Gasteiger partial charge in [-0.1, -0.05) is 37.1 Å². The molecule has 1 aliphatic rings. The van der Waals surface area contributed by atoms with E-state index in [1.54, 1.807) is 6.07 Å². The molecule has 0 N–H and O–H groups in total. The van der Waals surface area contributed by atoms with E-state index in [4.69, 9.17) is 11.6 Å². The highest BCUT2D eigenvalue weighted by Crippen LogP contribution is 2.32. The highest BCUT2D eigenvalue weighted by molar-refractivity contribution is 6.30. The van der Waals surface area contributed by atoms with Crippen LogP contribution in [0, 0.1) is 17.7 Å². The SMILES string of the molecule is CCCC=CC1CCC(CCc2cnc(-c3ccc(Cl)c(F)c3)nc2)CC1. The fraction of sp³-hybridized carbons (Fsp3) is 0.478. The molecule has 27 heavy (non-hydrogen) atoms. The van der Waals surface area contributed by atoms with Crippen molar-refractivity contribution in [2.75, 3.05) is 0 Å². The van der Waals surface area contributed by atoms with E-state index in [9.17, 15) is 4.39 Å². The van der Waals surface area contributed by atoms with Crippen LogP contribution in [0.5, 0.6) is 0 Å². The highest BCUT2D eigenvalue weighted by Gasteiger charge is 2.19. The Morgan fingerprint density at radius 1 is 1.15 bits per heavy atom. The van der Waals surface area contributed by atoms with Crippen molar-refractivity contribution in [3.63, 3.8) is 0 Å². The van der Waals surface area contributed by atoms with Gasteiger partial charge in [-0.25, -0.2) is 14.4 Å². The van der Waals surface area contributed by atoms with Crippen LogP contribution in [0.15, 0.2) is 42.7 Å². The summed E-state index contributed by atoms with van der Waals surface area (Å²) in [6, 6.07) is 4.66. The number of nitrogens with zero attached hydrogens (tertiary/aromatic N) is 2. The van der Waals surface area contributed by atoms with Gasteiger partial charge in [-0.3, -0.25) is 0 Å². The Hall–Kier alpha value is -1.74. The molecule has 0 bridgehead atoms. The number of hydrogen-bond donors (Lipinski definition) is 0. The Balaban J connectivity index is 1.47. The molecule has 1 aromatic heterocycles. The van der Waals surface area contributed by atoms with Gasteiger partial charge in [-0.15, -0.1) is 0 Å². The predicted octanol–water partition coefficient (Wildman–Crippen LogP) is 7.03. The van der Waals surface area contributed by atoms with Crippen molar-refractivity contribution in [3.8, 4) is 11.4 Å². The Kier molecular flexibility index (Phi) is 7.40. The number of hydrogen-bond acceptors (Lipinski definition) is 2. The lowest BCUT2D eigenvalue weighted by atomic mass is 9.79. The second kappa shape index (κ2) is 9.98. The number of aryl methyl sites for hydroxylation is 1. The number of aromatic nitrogens is 2. The molecule has 4 heteroatoms. The zero-order valence-electron chi connectivity index (χ0n) is 16.0. The van der Waals surface area contributed by atoms with Gasteiger partial charge in [0.25, 0.3) is 0 Å². The van der Waals surface area contributed by atoms with Gasteiger partial charge in [0.1, 0.15) is 5.82 Å². The van der Waals surface area contributed by atoms with Crippen molar-refractivity contribution >= 4 is 11.6 Å². The molecule has 0 radical (unpaired) electrons. The second-order valence-corrected chi connectivity index (χ2v) is 7.99. The minimum Gasteiger partial charge on any atom is -0.236 e. The number of rotatable bonds is 7. The molecule has 3 rings (SSSR count). The smallest absolute Gasteiger partial charge is 0.159 e. The van der Waals surface area contributed by atoms with Gasteiger partial charge in [0.15, 0.2) is 5.82 Å². The van der Waals surface area contributed by atoms with Crippen LogP contribution in [-0.2, 0) is 6.42 Å². The fourth-order valence-electron chi connectivity index (χ4n) is 3.76. The molecule has 0 unspecified atom stereocenters. The van der Waals surface area contributed by atoms with Crippen molar-refractivity contribution in [1.29, 1.82) is 0 Å². The summed E-state index contributed by atoms with van der Waals surface area (Å²) >= 11 is 5.73. The van der Waals surface area contributed by atoms with Crippen LogP contribution in [0.2, 0.25) is 5.02 Å². The summed E-state index contributed by atoms with van der Waals surface area (Å²) in [4.78, 5) is 8.81. The van der Waals surface area contributed by atoms with E-state index in [1.165, 1.54) is 57.1 Å². The highest BCUT2D eigenvalue weighted by atomic mass is 35.5. The standard InChI is InChI=1S/C23H28ClFN2/c1-2-3-4-5-17-6-8-18(9-7-17)10-11-19-15-26-23(27-16-19)20-12-13-21(24)22(25)14-20/h4-5,12-18H,2-3,6-11H2,1H3. The zero-order valence-corrected chi connectivity index (χ0v) is 16.8. The maximum Gasteiger partial charge on any atom is 0.159 e. The third-order valence-corrected chi connectivity index (χ3v) is 5.79. The van der Waals surface area contributed by atoms with Crippen LogP contribution >= 0.6 is 11.6 Å². The van der Waals surface area contributed by atoms with Gasteiger partial charge in [-0.05, 0) is 80.5 Å². The van der Waals surface area contributed by atoms with Crippen LogP contribution in [-0.4, -0.2) is 9.97 Å². The lowest BCUT2D eigenvalue weighted by Gasteiger charge is -2.26. The molecule has 1 heterocycles. The Labute approximate surface area is 166 Å². The first kappa shape index (κ1) is 20.0. The molecule has 2 nitrogen and oxygen atoms in total. The van der Waals surface area contributed by atoms with Gasteiger partial charge in [0.05, 0.1) is 5.02 Å². The average molecular weight is 387 g/mol. The Morgan fingerprint density at radius 3 is 2.56 bits per heavy atom. The maximum atomic E-state index is 13.6. The number of allylic oxidation sites excluding steroid dienone is 2. The third kappa shape index (κ3) is 5.87. The molecule has 2 aromatic rings. The van der Waals surface area contributed by atoms with Gasteiger partial charge in [0, 0.05) is 18.0 Å². The summed E-state index contributed by atoms with van der Waals surface area (Å²) in [5.41, 5.74) is 1.80. The first-order valence-electron chi connectivity index (χ1n) is 10.1. The molecule has 0 atom stereocenters. The quantitative estimate of drug-likeness (QED) is 0.477. The first-order chi connectivity index (χ1) is 13.2. The Bertz CT molecular complexity index is 749. The van der Waals surface area contributed by atoms with Crippen molar-refractivity contribution in [3.05, 3.63) is 59.1 Å². The van der Waals surface area contributed by atoms with E-state index >= 15 is 0 Å². The van der Waals surface area contributed by atoms with Gasteiger partial charge < -0.3 is 0 Å². The number of benzene rings is 1. The lowest BCUT2D eigenvalue weighted by molar-refractivity contribution is 0.296. The molecular weight excluding hydrogens is 359 g/mol. The van der Waals surface area contributed by atoms with Crippen molar-refractivity contribution in [2.24, 2.45) is 11.8 Å². The van der Waals surface area contributed by atoms with Crippen molar-refractivity contribution in [1.82, 2.24) is 9.97 Å². The average Bonchev–Trinajstić information content (AvgIpc) is 2.70. The minimum absolute atomic E-state index is 0.117. The van der Waals surface area contributed by atoms with E-state index < -0.39 is 5.82 Å². The maximum absolute atomic E-state index is 13.6. The van der Waals surface area contributed by atoms with Crippen LogP contribution in [0.25, 0.3) is 11.4 Å². The number of halogens is 2. The lowest BCUT2D eigenvalue weighted by Crippen LogP contribution is -2.13. The largest absolute Gasteiger partial charge is 0.236 e. The summed E-state index contributed by atoms with van der Waals surface area (Å²) in [5, 5.41) is 0.117. The monoisotopic (exact) mass is 386 g/mol. The van der Waals surface area contributed by atoms with Crippen LogP contribution < -0.4 is 0 Å². The van der Waals surface area contributed by atoms with E-state index in [2.05, 4.69) is 29.0 Å². The summed E-state index contributed by atoms with van der Waals surface area (Å²) < 4.78 is 13.6. The van der Waals surface area contributed by atoms with E-state index in [0.29, 0.717) is 11.4 Å². The van der Waals surface area contributed by atoms with Gasteiger partial charge in [-0.2, -0.15) is 0 Å². The van der Waals surface area contributed by atoms with E-state index in [1.807, 2.05) is 12.4 Å². The third-order valence-electron chi connectivity index (χ3n) is 5.48. The normalized spacial score (nSPS) is 20.3. The first-order valence-corrected chi connectivity index (χ1v) is 10.5. The predicted molar refractivity (Wildman–Crippen MR) is 110 cm³/mol. The fourth-order valence-corrected chi connectivity index (χ4v) is 3.88. The molecule has 0 aliphatic heterocycles. The molecule has 144 valence electrons. The Morgan fingerprint density at radius 2 is 1.89 bits per heavy atom. The van der Waals surface area contributed by atoms with Gasteiger partial charge >= 0.3 is 0 Å². The molecule has 1 aliphatic carbocycles.